The van der Waals surface area contributed by atoms with Crippen LogP contribution in [0.15, 0.2) is 24.3 Å². The predicted octanol–water partition coefficient (Wildman–Crippen LogP) is 1.15. The summed E-state index contributed by atoms with van der Waals surface area (Å²) in [6, 6.07) is 7.56. The van der Waals surface area contributed by atoms with Crippen molar-refractivity contribution in [1.82, 2.24) is 5.32 Å². The summed E-state index contributed by atoms with van der Waals surface area (Å²) in [4.78, 5) is 14.1. The second-order valence-corrected chi connectivity index (χ2v) is 5.28. The van der Waals surface area contributed by atoms with E-state index in [9.17, 15) is 15.2 Å². The Morgan fingerprint density at radius 1 is 1.26 bits per heavy atom. The normalized spacial score (nSPS) is 12.2. The van der Waals surface area contributed by atoms with Gasteiger partial charge >= 0.3 is 0 Å². The molecule has 0 bridgehead atoms. The number of ether oxygens (including phenoxy) is 2. The van der Waals surface area contributed by atoms with Crippen molar-refractivity contribution >= 4 is 0 Å². The average Bonchev–Trinajstić information content (AvgIpc) is 2.51. The van der Waals surface area contributed by atoms with Crippen molar-refractivity contribution in [2.24, 2.45) is 0 Å². The maximum Gasteiger partial charge on any atom is 0.294 e. The lowest BCUT2D eigenvalue weighted by Gasteiger charge is -2.15. The number of hydrogen-bond donors (Lipinski definition) is 2. The number of nitrogens with one attached hydrogen (secondary N) is 1. The summed E-state index contributed by atoms with van der Waals surface area (Å²) >= 11 is 0. The Hall–Kier alpha value is -1.90. The third-order valence-electron chi connectivity index (χ3n) is 2.82. The number of hydrogen-bond acceptors (Lipinski definition) is 7. The molecule has 8 nitrogen and oxygen atoms in total. The van der Waals surface area contributed by atoms with E-state index in [1.54, 1.807) is 12.1 Å². The minimum Gasteiger partial charge on any atom is -0.491 e. The topological polar surface area (TPSA) is 103 Å². The molecule has 0 amide bonds. The number of aliphatic hydroxyl groups excluding tert-OH is 1. The molecule has 0 aliphatic carbocycles. The first kappa shape index (κ1) is 19.1. The smallest absolute Gasteiger partial charge is 0.294 e. The zero-order valence-corrected chi connectivity index (χ0v) is 13.4. The Morgan fingerprint density at radius 3 is 2.57 bits per heavy atom. The van der Waals surface area contributed by atoms with Gasteiger partial charge < -0.3 is 24.7 Å². The molecule has 0 aliphatic heterocycles. The summed E-state index contributed by atoms with van der Waals surface area (Å²) in [7, 11) is 0. The summed E-state index contributed by atoms with van der Waals surface area (Å²) in [5.74, 6) is 0.661. The Balaban J connectivity index is 2.21. The van der Waals surface area contributed by atoms with E-state index in [0.717, 1.165) is 5.56 Å². The number of aliphatic hydroxyl groups is 1. The fourth-order valence-corrected chi connectivity index (χ4v) is 1.67. The van der Waals surface area contributed by atoms with Gasteiger partial charge in [0.25, 0.3) is 5.09 Å². The average molecular weight is 328 g/mol. The van der Waals surface area contributed by atoms with Gasteiger partial charge in [-0.15, -0.1) is 10.1 Å². The highest BCUT2D eigenvalue weighted by atomic mass is 17.0. The van der Waals surface area contributed by atoms with E-state index in [2.05, 4.69) is 10.2 Å². The Labute approximate surface area is 135 Å². The van der Waals surface area contributed by atoms with Gasteiger partial charge in [-0.3, -0.25) is 0 Å². The van der Waals surface area contributed by atoms with Crippen molar-refractivity contribution in [2.45, 2.75) is 32.6 Å². The molecule has 2 N–H and O–H groups in total. The van der Waals surface area contributed by atoms with Crippen molar-refractivity contribution < 1.29 is 24.5 Å². The molecule has 0 aromatic heterocycles. The van der Waals surface area contributed by atoms with Crippen LogP contribution in [-0.4, -0.2) is 48.7 Å². The third kappa shape index (κ3) is 9.67. The molecule has 0 saturated carbocycles. The van der Waals surface area contributed by atoms with Gasteiger partial charge in [0.2, 0.25) is 0 Å². The molecule has 130 valence electrons. The van der Waals surface area contributed by atoms with Crippen LogP contribution in [0.3, 0.4) is 0 Å². The monoisotopic (exact) mass is 328 g/mol. The third-order valence-corrected chi connectivity index (χ3v) is 2.82. The van der Waals surface area contributed by atoms with Crippen molar-refractivity contribution in [1.29, 1.82) is 0 Å². The van der Waals surface area contributed by atoms with E-state index < -0.39 is 11.2 Å². The summed E-state index contributed by atoms with van der Waals surface area (Å²) in [6.07, 6.45) is -0.568. The maximum atomic E-state index is 9.95. The molecule has 1 aromatic rings. The molecule has 0 fully saturated rings. The number of nitrogens with zero attached hydrogens (tertiary/aromatic N) is 1. The summed E-state index contributed by atoms with van der Waals surface area (Å²) in [5.41, 5.74) is 0.917. The molecule has 1 rings (SSSR count). The van der Waals surface area contributed by atoms with Gasteiger partial charge in [0.15, 0.2) is 0 Å². The fourth-order valence-electron chi connectivity index (χ4n) is 1.67. The molecule has 1 aromatic carbocycles. The molecule has 0 spiro atoms. The van der Waals surface area contributed by atoms with Gasteiger partial charge in [-0.25, -0.2) is 0 Å². The van der Waals surface area contributed by atoms with Crippen LogP contribution in [-0.2, 0) is 16.2 Å². The van der Waals surface area contributed by atoms with Crippen LogP contribution in [0.4, 0.5) is 0 Å². The second-order valence-electron chi connectivity index (χ2n) is 5.28. The van der Waals surface area contributed by atoms with Gasteiger partial charge in [-0.2, -0.15) is 0 Å². The number of rotatable bonds is 12. The molecule has 23 heavy (non-hydrogen) atoms. The molecular weight excluding hydrogens is 304 g/mol. The quantitative estimate of drug-likeness (QED) is 0.337. The minimum atomic E-state index is -0.847. The Morgan fingerprint density at radius 2 is 1.96 bits per heavy atom. The van der Waals surface area contributed by atoms with Gasteiger partial charge in [0, 0.05) is 12.6 Å². The van der Waals surface area contributed by atoms with Gasteiger partial charge in [0.1, 0.15) is 25.1 Å². The lowest BCUT2D eigenvalue weighted by atomic mass is 10.2. The van der Waals surface area contributed by atoms with Crippen LogP contribution >= 0.6 is 0 Å². The lowest BCUT2D eigenvalue weighted by Crippen LogP contribution is -2.35. The van der Waals surface area contributed by atoms with Crippen LogP contribution in [0, 0.1) is 10.1 Å². The van der Waals surface area contributed by atoms with E-state index in [-0.39, 0.29) is 19.8 Å². The Bertz CT molecular complexity index is 452. The minimum absolute atomic E-state index is 0.0868. The summed E-state index contributed by atoms with van der Waals surface area (Å²) < 4.78 is 10.7. The van der Waals surface area contributed by atoms with E-state index in [1.807, 2.05) is 26.0 Å². The molecule has 1 atom stereocenters. The molecule has 0 heterocycles. The zero-order chi connectivity index (χ0) is 17.1. The van der Waals surface area contributed by atoms with Crippen molar-refractivity contribution in [3.8, 4) is 5.75 Å². The second kappa shape index (κ2) is 10.8. The highest BCUT2D eigenvalue weighted by Crippen LogP contribution is 2.13. The van der Waals surface area contributed by atoms with Gasteiger partial charge in [-0.1, -0.05) is 26.0 Å². The molecule has 0 saturated heterocycles. The molecular formula is C15H24N2O6. The lowest BCUT2D eigenvalue weighted by molar-refractivity contribution is -0.758. The largest absolute Gasteiger partial charge is 0.491 e. The molecule has 8 heteroatoms. The molecule has 0 radical (unpaired) electrons. The highest BCUT2D eigenvalue weighted by molar-refractivity contribution is 5.26. The fraction of sp³-hybridized carbons (Fsp3) is 0.600. The van der Waals surface area contributed by atoms with Crippen LogP contribution < -0.4 is 10.1 Å². The van der Waals surface area contributed by atoms with Crippen LogP contribution in [0.2, 0.25) is 0 Å². The van der Waals surface area contributed by atoms with E-state index in [4.69, 9.17) is 9.47 Å². The van der Waals surface area contributed by atoms with Crippen LogP contribution in [0.1, 0.15) is 19.4 Å². The van der Waals surface area contributed by atoms with Crippen molar-refractivity contribution in [3.63, 3.8) is 0 Å². The van der Waals surface area contributed by atoms with E-state index in [0.29, 0.717) is 24.9 Å². The Kier molecular flexibility index (Phi) is 8.96. The molecule has 0 aliphatic rings. The maximum absolute atomic E-state index is 9.95. The summed E-state index contributed by atoms with van der Waals surface area (Å²) in [6.45, 7) is 5.12. The van der Waals surface area contributed by atoms with Crippen molar-refractivity contribution in [3.05, 3.63) is 39.9 Å². The zero-order valence-electron chi connectivity index (χ0n) is 13.4. The SMILES string of the molecule is CC(C)NCC(O)COc1ccc(COCCO[N+](=O)[O-])cc1. The van der Waals surface area contributed by atoms with E-state index >= 15 is 0 Å². The van der Waals surface area contributed by atoms with Gasteiger partial charge in [0.05, 0.1) is 13.2 Å². The highest BCUT2D eigenvalue weighted by Gasteiger charge is 2.06. The molecule has 1 unspecified atom stereocenters. The first-order valence-corrected chi connectivity index (χ1v) is 7.45. The van der Waals surface area contributed by atoms with Crippen molar-refractivity contribution in [2.75, 3.05) is 26.4 Å². The van der Waals surface area contributed by atoms with Gasteiger partial charge in [-0.05, 0) is 17.7 Å². The number of benzene rings is 1. The standard InChI is InChI=1S/C15H24N2O6/c1-12(2)16-9-14(18)11-22-15-5-3-13(4-6-15)10-21-7-8-23-17(19)20/h3-6,12,14,16,18H,7-11H2,1-2H3. The first-order valence-electron chi connectivity index (χ1n) is 7.45. The summed E-state index contributed by atoms with van der Waals surface area (Å²) in [5, 5.41) is 22.0. The van der Waals surface area contributed by atoms with Crippen LogP contribution in [0.5, 0.6) is 5.75 Å². The predicted molar refractivity (Wildman–Crippen MR) is 83.7 cm³/mol. The van der Waals surface area contributed by atoms with Crippen LogP contribution in [0.25, 0.3) is 0 Å². The van der Waals surface area contributed by atoms with E-state index in [1.165, 1.54) is 0 Å². The first-order chi connectivity index (χ1) is 11.0.